The average Bonchev–Trinajstić information content (AvgIpc) is 3.47. The third-order valence-corrected chi connectivity index (χ3v) is 4.48. The first-order valence-corrected chi connectivity index (χ1v) is 9.06. The number of methoxy groups -OCH3 is 1. The lowest BCUT2D eigenvalue weighted by atomic mass is 10.1. The molecule has 1 fully saturated rings. The summed E-state index contributed by atoms with van der Waals surface area (Å²) in [5, 5.41) is 21.9. The maximum atomic E-state index is 12.6. The monoisotopic (exact) mass is 411 g/mol. The van der Waals surface area contributed by atoms with Crippen LogP contribution < -0.4 is 20.7 Å². The molecule has 0 radical (unpaired) electrons. The van der Waals surface area contributed by atoms with E-state index in [1.54, 1.807) is 18.2 Å². The van der Waals surface area contributed by atoms with Crippen LogP contribution >= 0.6 is 0 Å². The van der Waals surface area contributed by atoms with E-state index in [-0.39, 0.29) is 29.0 Å². The fraction of sp³-hybridized carbons (Fsp3) is 0.263. The number of nitrogens with zero attached hydrogens (tertiary/aromatic N) is 4. The Morgan fingerprint density at radius 3 is 2.83 bits per heavy atom. The lowest BCUT2D eigenvalue weighted by Gasteiger charge is -2.16. The van der Waals surface area contributed by atoms with Crippen molar-refractivity contribution in [3.8, 4) is 17.1 Å². The highest BCUT2D eigenvalue weighted by Gasteiger charge is 2.30. The molecule has 2 heterocycles. The van der Waals surface area contributed by atoms with Crippen molar-refractivity contribution in [1.29, 1.82) is 0 Å². The quantitative estimate of drug-likeness (QED) is 0.459. The molecule has 30 heavy (non-hydrogen) atoms. The Balaban J connectivity index is 1.72. The SMILES string of the molecule is [2H]C([2H])([2H])NC(=O)c1nnc(NC(=O)C2CC2)cc1Nc1cccc(-c2ncn[nH]2)c1OC. The van der Waals surface area contributed by atoms with Gasteiger partial charge in [0, 0.05) is 23.1 Å². The zero-order valence-electron chi connectivity index (χ0n) is 18.9. The molecule has 0 unspecified atom stereocenters. The van der Waals surface area contributed by atoms with E-state index < -0.39 is 12.9 Å². The Kier molecular flexibility index (Phi) is 4.31. The van der Waals surface area contributed by atoms with Gasteiger partial charge < -0.3 is 20.7 Å². The number of benzene rings is 1. The Morgan fingerprint density at radius 2 is 2.13 bits per heavy atom. The third-order valence-electron chi connectivity index (χ3n) is 4.48. The summed E-state index contributed by atoms with van der Waals surface area (Å²) in [5.41, 5.74) is 0.869. The number of ether oxygens (including phenoxy) is 1. The molecular formula is C19H20N8O3. The fourth-order valence-electron chi connectivity index (χ4n) is 2.87. The summed E-state index contributed by atoms with van der Waals surface area (Å²) in [4.78, 5) is 28.8. The van der Waals surface area contributed by atoms with Crippen molar-refractivity contribution in [2.24, 2.45) is 5.92 Å². The second-order valence-corrected chi connectivity index (χ2v) is 6.55. The molecule has 0 bridgehead atoms. The first-order valence-electron chi connectivity index (χ1n) is 10.6. The van der Waals surface area contributed by atoms with Gasteiger partial charge >= 0.3 is 0 Å². The van der Waals surface area contributed by atoms with Crippen molar-refractivity contribution in [2.75, 3.05) is 24.7 Å². The zero-order chi connectivity index (χ0) is 23.6. The average molecular weight is 411 g/mol. The molecule has 2 amide bonds. The van der Waals surface area contributed by atoms with Crippen LogP contribution in [0.4, 0.5) is 17.2 Å². The van der Waals surface area contributed by atoms with Crippen LogP contribution in [0.15, 0.2) is 30.6 Å². The molecule has 11 nitrogen and oxygen atoms in total. The van der Waals surface area contributed by atoms with E-state index in [4.69, 9.17) is 8.85 Å². The van der Waals surface area contributed by atoms with Gasteiger partial charge in [-0.1, -0.05) is 6.07 Å². The van der Waals surface area contributed by atoms with Crippen LogP contribution in [0.2, 0.25) is 0 Å². The number of anilines is 3. The molecule has 0 aliphatic heterocycles. The van der Waals surface area contributed by atoms with E-state index >= 15 is 0 Å². The molecular weight excluding hydrogens is 388 g/mol. The lowest BCUT2D eigenvalue weighted by molar-refractivity contribution is -0.117. The number of aromatic amines is 1. The molecule has 11 heteroatoms. The highest BCUT2D eigenvalue weighted by Crippen LogP contribution is 2.37. The van der Waals surface area contributed by atoms with Gasteiger partial charge in [-0.15, -0.1) is 10.2 Å². The Hall–Kier alpha value is -4.02. The first kappa shape index (κ1) is 15.9. The smallest absolute Gasteiger partial charge is 0.273 e. The molecule has 1 saturated carbocycles. The second kappa shape index (κ2) is 8.15. The molecule has 0 spiro atoms. The van der Waals surface area contributed by atoms with Crippen LogP contribution in [0.3, 0.4) is 0 Å². The molecule has 4 rings (SSSR count). The minimum atomic E-state index is -2.72. The van der Waals surface area contributed by atoms with E-state index in [1.165, 1.54) is 19.5 Å². The van der Waals surface area contributed by atoms with Crippen LogP contribution in [-0.2, 0) is 4.79 Å². The van der Waals surface area contributed by atoms with Crippen molar-refractivity contribution >= 4 is 29.0 Å². The topological polar surface area (TPSA) is 147 Å². The van der Waals surface area contributed by atoms with Gasteiger partial charge in [-0.2, -0.15) is 5.10 Å². The Labute approximate surface area is 175 Å². The van der Waals surface area contributed by atoms with Gasteiger partial charge in [0.1, 0.15) is 6.33 Å². The molecule has 2 aromatic heterocycles. The van der Waals surface area contributed by atoms with Crippen LogP contribution in [0.25, 0.3) is 11.4 Å². The second-order valence-electron chi connectivity index (χ2n) is 6.55. The number of carbonyl (C=O) groups excluding carboxylic acids is 2. The van der Waals surface area contributed by atoms with E-state index in [0.29, 0.717) is 22.8 Å². The van der Waals surface area contributed by atoms with Gasteiger partial charge in [-0.25, -0.2) is 4.98 Å². The van der Waals surface area contributed by atoms with Crippen molar-refractivity contribution in [3.05, 3.63) is 36.3 Å². The van der Waals surface area contributed by atoms with Crippen molar-refractivity contribution in [1.82, 2.24) is 30.7 Å². The summed E-state index contributed by atoms with van der Waals surface area (Å²) in [5.74, 6) is -0.265. The largest absolute Gasteiger partial charge is 0.494 e. The summed E-state index contributed by atoms with van der Waals surface area (Å²) in [6.07, 6.45) is 2.96. The molecule has 154 valence electrons. The third kappa shape index (κ3) is 3.90. The molecule has 0 atom stereocenters. The van der Waals surface area contributed by atoms with Crippen LogP contribution in [0, 0.1) is 5.92 Å². The zero-order valence-corrected chi connectivity index (χ0v) is 15.9. The van der Waals surface area contributed by atoms with Crippen molar-refractivity contribution < 1.29 is 18.4 Å². The summed E-state index contributed by atoms with van der Waals surface area (Å²) >= 11 is 0. The van der Waals surface area contributed by atoms with Crippen molar-refractivity contribution in [2.45, 2.75) is 12.8 Å². The number of para-hydroxylation sites is 1. The van der Waals surface area contributed by atoms with E-state index in [0.717, 1.165) is 12.8 Å². The Morgan fingerprint density at radius 1 is 1.27 bits per heavy atom. The minimum absolute atomic E-state index is 0.0691. The summed E-state index contributed by atoms with van der Waals surface area (Å²) in [7, 11) is 1.47. The number of hydrogen-bond donors (Lipinski definition) is 4. The number of nitrogens with one attached hydrogen (secondary N) is 4. The van der Waals surface area contributed by atoms with Gasteiger partial charge in [0.15, 0.2) is 23.1 Å². The molecule has 1 aliphatic carbocycles. The lowest BCUT2D eigenvalue weighted by Crippen LogP contribution is -2.22. The Bertz CT molecular complexity index is 1180. The molecule has 3 aromatic rings. The van der Waals surface area contributed by atoms with Gasteiger partial charge in [0.05, 0.1) is 24.0 Å². The molecule has 4 N–H and O–H groups in total. The molecule has 1 aliphatic rings. The molecule has 1 aromatic carbocycles. The minimum Gasteiger partial charge on any atom is -0.494 e. The summed E-state index contributed by atoms with van der Waals surface area (Å²) < 4.78 is 27.5. The van der Waals surface area contributed by atoms with Gasteiger partial charge in [-0.3, -0.25) is 14.7 Å². The number of rotatable bonds is 7. The number of amides is 2. The number of aromatic nitrogens is 5. The highest BCUT2D eigenvalue weighted by molar-refractivity contribution is 6.00. The predicted molar refractivity (Wildman–Crippen MR) is 108 cm³/mol. The van der Waals surface area contributed by atoms with Crippen LogP contribution in [0.1, 0.15) is 27.4 Å². The van der Waals surface area contributed by atoms with Gasteiger partial charge in [0.2, 0.25) is 5.91 Å². The van der Waals surface area contributed by atoms with E-state index in [9.17, 15) is 9.59 Å². The fourth-order valence-corrected chi connectivity index (χ4v) is 2.87. The van der Waals surface area contributed by atoms with Crippen LogP contribution in [-0.4, -0.2) is 51.3 Å². The van der Waals surface area contributed by atoms with E-state index in [1.807, 2.05) is 5.32 Å². The standard InChI is InChI=1S/C19H20N8O3/c1-20-19(29)15-13(8-14(25-26-15)24-18(28)10-6-7-10)23-12-5-3-4-11(16(12)30-2)17-21-9-22-27-17/h3-5,8-10H,6-7H2,1-2H3,(H,20,29)(H,21,22,27)(H2,23,24,25,28)/i1D3. The molecule has 0 saturated heterocycles. The van der Waals surface area contributed by atoms with Gasteiger partial charge in [0.25, 0.3) is 5.91 Å². The number of carbonyl (C=O) groups is 2. The number of H-pyrrole nitrogens is 1. The predicted octanol–water partition coefficient (Wildman–Crippen LogP) is 1.72. The number of hydrogen-bond acceptors (Lipinski definition) is 8. The summed E-state index contributed by atoms with van der Waals surface area (Å²) in [6.45, 7) is -2.72. The van der Waals surface area contributed by atoms with Crippen LogP contribution in [0.5, 0.6) is 5.75 Å². The first-order chi connectivity index (χ1) is 15.7. The van der Waals surface area contributed by atoms with E-state index in [2.05, 4.69) is 36.0 Å². The highest BCUT2D eigenvalue weighted by atomic mass is 16.5. The summed E-state index contributed by atoms with van der Waals surface area (Å²) in [6, 6.07) is 6.59. The maximum Gasteiger partial charge on any atom is 0.273 e. The maximum absolute atomic E-state index is 12.6. The normalized spacial score (nSPS) is 14.8. The van der Waals surface area contributed by atoms with Crippen molar-refractivity contribution in [3.63, 3.8) is 0 Å². The van der Waals surface area contributed by atoms with Gasteiger partial charge in [-0.05, 0) is 25.0 Å².